The van der Waals surface area contributed by atoms with E-state index in [2.05, 4.69) is 5.32 Å². The number of carboxylic acids is 1. The Bertz CT molecular complexity index is 1250. The summed E-state index contributed by atoms with van der Waals surface area (Å²) in [6.07, 6.45) is 0.980. The van der Waals surface area contributed by atoms with Crippen LogP contribution in [0.2, 0.25) is 0 Å². The Morgan fingerprint density at radius 3 is 2.29 bits per heavy atom. The van der Waals surface area contributed by atoms with Crippen molar-refractivity contribution in [2.24, 2.45) is 0 Å². The van der Waals surface area contributed by atoms with Crippen LogP contribution < -0.4 is 15.6 Å². The van der Waals surface area contributed by atoms with Crippen LogP contribution in [-0.4, -0.2) is 40.8 Å². The Morgan fingerprint density at radius 1 is 1.03 bits per heavy atom. The second kappa shape index (κ2) is 7.73. The number of aromatic carboxylic acids is 1. The zero-order valence-electron chi connectivity index (χ0n) is 16.8. The van der Waals surface area contributed by atoms with Crippen molar-refractivity contribution in [3.63, 3.8) is 0 Å². The summed E-state index contributed by atoms with van der Waals surface area (Å²) in [7, 11) is 0. The van der Waals surface area contributed by atoms with Gasteiger partial charge in [0.25, 0.3) is 0 Å². The van der Waals surface area contributed by atoms with Crippen LogP contribution in [0.15, 0.2) is 41.3 Å². The van der Waals surface area contributed by atoms with Crippen molar-refractivity contribution < 1.29 is 23.1 Å². The number of carbonyl (C=O) groups is 1. The van der Waals surface area contributed by atoms with E-state index in [-0.39, 0.29) is 34.4 Å². The summed E-state index contributed by atoms with van der Waals surface area (Å²) in [6.45, 7) is 4.94. The molecule has 2 atom stereocenters. The van der Waals surface area contributed by atoms with E-state index in [0.717, 1.165) is 29.0 Å². The first-order valence-electron chi connectivity index (χ1n) is 9.74. The van der Waals surface area contributed by atoms with Gasteiger partial charge in [-0.3, -0.25) is 4.79 Å². The number of anilines is 1. The van der Waals surface area contributed by atoms with Gasteiger partial charge in [-0.2, -0.15) is 0 Å². The minimum atomic E-state index is -1.53. The van der Waals surface area contributed by atoms with Crippen LogP contribution in [-0.2, 0) is 0 Å². The first kappa shape index (κ1) is 20.9. The third kappa shape index (κ3) is 3.76. The molecular formula is C22H20F3N3O3. The normalized spacial score (nSPS) is 19.1. The number of hydrogen-bond acceptors (Lipinski definition) is 4. The minimum Gasteiger partial charge on any atom is -0.477 e. The number of carboxylic acid groups (broad SMARTS) is 1. The average molecular weight is 431 g/mol. The van der Waals surface area contributed by atoms with Gasteiger partial charge in [0.1, 0.15) is 23.0 Å². The lowest BCUT2D eigenvalue weighted by Crippen LogP contribution is -2.54. The molecule has 9 heteroatoms. The molecule has 0 aliphatic carbocycles. The smallest absolute Gasteiger partial charge is 0.341 e. The predicted molar refractivity (Wildman–Crippen MR) is 111 cm³/mol. The van der Waals surface area contributed by atoms with Crippen LogP contribution in [0, 0.1) is 17.5 Å². The lowest BCUT2D eigenvalue weighted by molar-refractivity contribution is 0.0695. The number of piperazine rings is 1. The summed E-state index contributed by atoms with van der Waals surface area (Å²) < 4.78 is 44.2. The number of halogens is 3. The van der Waals surface area contributed by atoms with Crippen molar-refractivity contribution >= 4 is 22.6 Å². The van der Waals surface area contributed by atoms with Gasteiger partial charge in [-0.25, -0.2) is 18.0 Å². The molecule has 1 aliphatic rings. The molecule has 0 radical (unpaired) electrons. The van der Waals surface area contributed by atoms with Crippen LogP contribution in [0.4, 0.5) is 18.9 Å². The SMILES string of the molecule is CC1CN(c2cc3c(cc2F)c(=O)c(C(=O)O)cn3-c2ccc(F)cc2F)CC(C)N1. The van der Waals surface area contributed by atoms with E-state index in [9.17, 15) is 23.5 Å². The molecule has 2 N–H and O–H groups in total. The Morgan fingerprint density at radius 2 is 1.68 bits per heavy atom. The highest BCUT2D eigenvalue weighted by Crippen LogP contribution is 2.29. The van der Waals surface area contributed by atoms with E-state index < -0.39 is 34.4 Å². The number of rotatable bonds is 3. The Labute approximate surface area is 175 Å². The average Bonchev–Trinajstić information content (AvgIpc) is 2.68. The lowest BCUT2D eigenvalue weighted by Gasteiger charge is -2.38. The monoisotopic (exact) mass is 431 g/mol. The largest absolute Gasteiger partial charge is 0.477 e. The van der Waals surface area contributed by atoms with Gasteiger partial charge in [0, 0.05) is 42.8 Å². The van der Waals surface area contributed by atoms with E-state index in [1.54, 1.807) is 0 Å². The topological polar surface area (TPSA) is 74.6 Å². The maximum absolute atomic E-state index is 15.1. The van der Waals surface area contributed by atoms with Crippen LogP contribution in [0.1, 0.15) is 24.2 Å². The first-order chi connectivity index (χ1) is 14.7. The molecule has 3 aromatic rings. The van der Waals surface area contributed by atoms with E-state index in [4.69, 9.17) is 0 Å². The summed E-state index contributed by atoms with van der Waals surface area (Å²) in [6, 6.07) is 5.38. The molecule has 6 nitrogen and oxygen atoms in total. The predicted octanol–water partition coefficient (Wildman–Crippen LogP) is 3.29. The number of nitrogens with one attached hydrogen (secondary N) is 1. The molecule has 2 aromatic carbocycles. The first-order valence-corrected chi connectivity index (χ1v) is 9.74. The van der Waals surface area contributed by atoms with E-state index in [1.165, 1.54) is 6.07 Å². The second-order valence-corrected chi connectivity index (χ2v) is 7.84. The summed E-state index contributed by atoms with van der Waals surface area (Å²) in [5.74, 6) is -3.96. The number of nitrogens with zero attached hydrogens (tertiary/aromatic N) is 2. The van der Waals surface area contributed by atoms with Crippen molar-refractivity contribution in [3.8, 4) is 5.69 Å². The molecule has 1 aliphatic heterocycles. The lowest BCUT2D eigenvalue weighted by atomic mass is 10.1. The van der Waals surface area contributed by atoms with Crippen molar-refractivity contribution in [3.05, 3.63) is 69.8 Å². The molecule has 4 rings (SSSR count). The van der Waals surface area contributed by atoms with Crippen LogP contribution in [0.3, 0.4) is 0 Å². The third-order valence-corrected chi connectivity index (χ3v) is 5.37. The zero-order valence-corrected chi connectivity index (χ0v) is 16.8. The Kier molecular flexibility index (Phi) is 5.22. The van der Waals surface area contributed by atoms with Gasteiger partial charge in [-0.15, -0.1) is 0 Å². The van der Waals surface area contributed by atoms with Gasteiger partial charge in [0.15, 0.2) is 0 Å². The van der Waals surface area contributed by atoms with E-state index >= 15 is 4.39 Å². The number of hydrogen-bond donors (Lipinski definition) is 2. The highest BCUT2D eigenvalue weighted by molar-refractivity contribution is 5.94. The zero-order chi connectivity index (χ0) is 22.4. The van der Waals surface area contributed by atoms with Crippen molar-refractivity contribution in [1.82, 2.24) is 9.88 Å². The van der Waals surface area contributed by atoms with Gasteiger partial charge in [0.2, 0.25) is 5.43 Å². The molecule has 31 heavy (non-hydrogen) atoms. The minimum absolute atomic E-state index is 0.0879. The Hall–Kier alpha value is -3.33. The fourth-order valence-electron chi connectivity index (χ4n) is 4.13. The van der Waals surface area contributed by atoms with Gasteiger partial charge in [0.05, 0.1) is 16.9 Å². The molecule has 0 bridgehead atoms. The summed E-state index contributed by atoms with van der Waals surface area (Å²) in [5.41, 5.74) is -1.35. The highest BCUT2D eigenvalue weighted by atomic mass is 19.1. The molecular weight excluding hydrogens is 411 g/mol. The third-order valence-electron chi connectivity index (χ3n) is 5.37. The maximum Gasteiger partial charge on any atom is 0.341 e. The second-order valence-electron chi connectivity index (χ2n) is 7.84. The van der Waals surface area contributed by atoms with E-state index in [0.29, 0.717) is 19.2 Å². The number of benzene rings is 2. The van der Waals surface area contributed by atoms with Crippen molar-refractivity contribution in [1.29, 1.82) is 0 Å². The molecule has 2 heterocycles. The fraction of sp³-hybridized carbons (Fsp3) is 0.273. The fourth-order valence-corrected chi connectivity index (χ4v) is 4.13. The summed E-state index contributed by atoms with van der Waals surface area (Å²) >= 11 is 0. The van der Waals surface area contributed by atoms with Crippen LogP contribution in [0.5, 0.6) is 0 Å². The molecule has 0 spiro atoms. The van der Waals surface area contributed by atoms with Crippen molar-refractivity contribution in [2.45, 2.75) is 25.9 Å². The molecule has 0 amide bonds. The maximum atomic E-state index is 15.1. The quantitative estimate of drug-likeness (QED) is 0.666. The van der Waals surface area contributed by atoms with Crippen molar-refractivity contribution in [2.75, 3.05) is 18.0 Å². The Balaban J connectivity index is 2.02. The van der Waals surface area contributed by atoms with E-state index in [1.807, 2.05) is 18.7 Å². The summed E-state index contributed by atoms with van der Waals surface area (Å²) in [4.78, 5) is 26.1. The number of aromatic nitrogens is 1. The molecule has 0 saturated carbocycles. The van der Waals surface area contributed by atoms with Gasteiger partial charge in [-0.1, -0.05) is 0 Å². The highest BCUT2D eigenvalue weighted by Gasteiger charge is 2.25. The standard InChI is InChI=1S/C22H20F3N3O3/c1-11-8-27(9-12(2)26-11)20-7-19-14(6-17(20)25)21(29)15(22(30)31)10-28(19)18-4-3-13(23)5-16(18)24/h3-7,10-12,26H,8-9H2,1-2H3,(H,30,31). The molecule has 162 valence electrons. The van der Waals surface area contributed by atoms with Crippen LogP contribution in [0.25, 0.3) is 16.6 Å². The molecule has 1 aromatic heterocycles. The number of pyridine rings is 1. The van der Waals surface area contributed by atoms with Gasteiger partial charge < -0.3 is 19.9 Å². The van der Waals surface area contributed by atoms with Gasteiger partial charge in [-0.05, 0) is 38.1 Å². The molecule has 1 saturated heterocycles. The molecule has 2 unspecified atom stereocenters. The number of fused-ring (bicyclic) bond motifs is 1. The summed E-state index contributed by atoms with van der Waals surface area (Å²) in [5, 5.41) is 12.6. The molecule has 1 fully saturated rings. The van der Waals surface area contributed by atoms with Crippen LogP contribution >= 0.6 is 0 Å². The van der Waals surface area contributed by atoms with Gasteiger partial charge >= 0.3 is 5.97 Å².